The molecule has 0 aliphatic heterocycles. The molecular weight excluding hydrogens is 462 g/mol. The van der Waals surface area contributed by atoms with Crippen LogP contribution in [-0.2, 0) is 14.6 Å². The number of likely N-dealkylation sites (N-methyl/N-ethyl adjacent to an activating group) is 1. The second kappa shape index (κ2) is 8.69. The molecule has 0 saturated carbocycles. The summed E-state index contributed by atoms with van der Waals surface area (Å²) >= 11 is 4.81. The zero-order valence-electron chi connectivity index (χ0n) is 15.5. The molecule has 3 aromatic rings. The number of aromatic nitrogens is 1. The van der Waals surface area contributed by atoms with E-state index in [0.717, 1.165) is 14.7 Å². The fraction of sp³-hybridized carbons (Fsp3) is 0.263. The molecule has 6 nitrogen and oxygen atoms in total. The standard InChI is InChI=1S/C19H20BrN3O3S2/c1-22(2)10-11-23(19-21-16-9-8-14(20)12-17(16)27-19)18(24)13-28(25,26)15-6-4-3-5-7-15/h3-9,12H,10-11,13H2,1-2H3. The first-order chi connectivity index (χ1) is 13.3. The molecule has 148 valence electrons. The molecule has 3 rings (SSSR count). The Hall–Kier alpha value is -1.81. The fourth-order valence-corrected chi connectivity index (χ4v) is 5.36. The molecule has 0 saturated heterocycles. The van der Waals surface area contributed by atoms with Gasteiger partial charge in [0.25, 0.3) is 0 Å². The van der Waals surface area contributed by atoms with Crippen molar-refractivity contribution < 1.29 is 13.2 Å². The monoisotopic (exact) mass is 481 g/mol. The van der Waals surface area contributed by atoms with E-state index in [9.17, 15) is 13.2 Å². The van der Waals surface area contributed by atoms with E-state index in [1.165, 1.54) is 28.4 Å². The highest BCUT2D eigenvalue weighted by molar-refractivity contribution is 9.10. The van der Waals surface area contributed by atoms with Gasteiger partial charge in [0.05, 0.1) is 15.1 Å². The highest BCUT2D eigenvalue weighted by atomic mass is 79.9. The third-order valence-electron chi connectivity index (χ3n) is 4.06. The van der Waals surface area contributed by atoms with E-state index in [2.05, 4.69) is 20.9 Å². The van der Waals surface area contributed by atoms with Crippen LogP contribution in [0.5, 0.6) is 0 Å². The van der Waals surface area contributed by atoms with Crippen molar-refractivity contribution in [3.63, 3.8) is 0 Å². The summed E-state index contributed by atoms with van der Waals surface area (Å²) in [6, 6.07) is 13.7. The van der Waals surface area contributed by atoms with Gasteiger partial charge in [0, 0.05) is 17.6 Å². The van der Waals surface area contributed by atoms with E-state index in [-0.39, 0.29) is 4.90 Å². The number of hydrogen-bond donors (Lipinski definition) is 0. The van der Waals surface area contributed by atoms with E-state index in [0.29, 0.717) is 18.2 Å². The summed E-state index contributed by atoms with van der Waals surface area (Å²) in [5.41, 5.74) is 0.775. The molecule has 0 bridgehead atoms. The molecule has 2 aromatic carbocycles. The Morgan fingerprint density at radius 1 is 1.11 bits per heavy atom. The fourth-order valence-electron chi connectivity index (χ4n) is 2.58. The lowest BCUT2D eigenvalue weighted by Crippen LogP contribution is -2.40. The van der Waals surface area contributed by atoms with Gasteiger partial charge in [-0.15, -0.1) is 0 Å². The molecule has 0 aliphatic carbocycles. The molecule has 1 heterocycles. The molecule has 0 unspecified atom stereocenters. The lowest BCUT2D eigenvalue weighted by Gasteiger charge is -2.22. The predicted molar refractivity (Wildman–Crippen MR) is 117 cm³/mol. The van der Waals surface area contributed by atoms with E-state index >= 15 is 0 Å². The molecule has 28 heavy (non-hydrogen) atoms. The second-order valence-electron chi connectivity index (χ2n) is 6.53. The summed E-state index contributed by atoms with van der Waals surface area (Å²) in [6.45, 7) is 0.952. The number of benzene rings is 2. The SMILES string of the molecule is CN(C)CCN(C(=O)CS(=O)(=O)c1ccccc1)c1nc2ccc(Br)cc2s1. The van der Waals surface area contributed by atoms with E-state index in [4.69, 9.17) is 0 Å². The maximum atomic E-state index is 13.0. The molecule has 0 atom stereocenters. The van der Waals surface area contributed by atoms with Crippen LogP contribution in [-0.4, -0.2) is 57.1 Å². The van der Waals surface area contributed by atoms with Gasteiger partial charge in [0.15, 0.2) is 15.0 Å². The van der Waals surface area contributed by atoms with Crippen LogP contribution in [0.1, 0.15) is 0 Å². The summed E-state index contributed by atoms with van der Waals surface area (Å²) in [5, 5.41) is 0.503. The minimum atomic E-state index is -3.72. The number of thiazole rings is 1. The molecule has 0 aliphatic rings. The number of hydrogen-bond acceptors (Lipinski definition) is 6. The van der Waals surface area contributed by atoms with Crippen LogP contribution in [0.25, 0.3) is 10.2 Å². The Kier molecular flexibility index (Phi) is 6.49. The summed E-state index contributed by atoms with van der Waals surface area (Å²) in [5.74, 6) is -1.08. The molecule has 0 radical (unpaired) electrons. The van der Waals surface area contributed by atoms with Gasteiger partial charge in [-0.05, 0) is 44.4 Å². The number of rotatable bonds is 7. The third kappa shape index (κ3) is 4.96. The summed E-state index contributed by atoms with van der Waals surface area (Å²) in [4.78, 5) is 21.1. The third-order valence-corrected chi connectivity index (χ3v) is 7.21. The number of anilines is 1. The van der Waals surface area contributed by atoms with Gasteiger partial charge in [-0.25, -0.2) is 13.4 Å². The predicted octanol–water partition coefficient (Wildman–Crippen LogP) is 3.43. The van der Waals surface area contributed by atoms with Gasteiger partial charge in [0.2, 0.25) is 5.91 Å². The topological polar surface area (TPSA) is 70.6 Å². The summed E-state index contributed by atoms with van der Waals surface area (Å²) < 4.78 is 27.2. The van der Waals surface area contributed by atoms with Crippen LogP contribution in [0.3, 0.4) is 0 Å². The van der Waals surface area contributed by atoms with Crippen molar-refractivity contribution >= 4 is 58.4 Å². The Morgan fingerprint density at radius 2 is 1.82 bits per heavy atom. The largest absolute Gasteiger partial charge is 0.308 e. The smallest absolute Gasteiger partial charge is 0.244 e. The molecule has 0 spiro atoms. The van der Waals surface area contributed by atoms with Crippen LogP contribution in [0.4, 0.5) is 5.13 Å². The van der Waals surface area contributed by atoms with Crippen molar-refractivity contribution in [1.82, 2.24) is 9.88 Å². The molecular formula is C19H20BrN3O3S2. The molecule has 0 fully saturated rings. The Labute approximate surface area is 176 Å². The second-order valence-corrected chi connectivity index (χ2v) is 10.4. The quantitative estimate of drug-likeness (QED) is 0.516. The van der Waals surface area contributed by atoms with Gasteiger partial charge in [-0.2, -0.15) is 0 Å². The lowest BCUT2D eigenvalue weighted by atomic mass is 10.3. The minimum absolute atomic E-state index is 0.143. The average Bonchev–Trinajstić information content (AvgIpc) is 3.04. The van der Waals surface area contributed by atoms with E-state index < -0.39 is 21.5 Å². The van der Waals surface area contributed by atoms with E-state index in [1.54, 1.807) is 18.2 Å². The van der Waals surface area contributed by atoms with Crippen molar-refractivity contribution in [2.75, 3.05) is 37.8 Å². The normalized spacial score (nSPS) is 11.9. The molecule has 1 aromatic heterocycles. The maximum Gasteiger partial charge on any atom is 0.244 e. The zero-order valence-corrected chi connectivity index (χ0v) is 18.7. The summed E-state index contributed by atoms with van der Waals surface area (Å²) in [7, 11) is 0.0799. The van der Waals surface area contributed by atoms with Gasteiger partial charge in [-0.3, -0.25) is 9.69 Å². The Bertz CT molecular complexity index is 1080. The van der Waals surface area contributed by atoms with Crippen LogP contribution in [0.15, 0.2) is 57.9 Å². The van der Waals surface area contributed by atoms with Crippen LogP contribution in [0, 0.1) is 0 Å². The van der Waals surface area contributed by atoms with Crippen molar-refractivity contribution in [2.45, 2.75) is 4.90 Å². The van der Waals surface area contributed by atoms with Crippen LogP contribution in [0.2, 0.25) is 0 Å². The van der Waals surface area contributed by atoms with Crippen molar-refractivity contribution in [3.05, 3.63) is 53.0 Å². The minimum Gasteiger partial charge on any atom is -0.308 e. The van der Waals surface area contributed by atoms with Gasteiger partial charge < -0.3 is 4.90 Å². The maximum absolute atomic E-state index is 13.0. The highest BCUT2D eigenvalue weighted by Gasteiger charge is 2.26. The van der Waals surface area contributed by atoms with Crippen LogP contribution < -0.4 is 4.90 Å². The molecule has 0 N–H and O–H groups in total. The number of fused-ring (bicyclic) bond motifs is 1. The highest BCUT2D eigenvalue weighted by Crippen LogP contribution is 2.31. The summed E-state index contributed by atoms with van der Waals surface area (Å²) in [6.07, 6.45) is 0. The van der Waals surface area contributed by atoms with Crippen LogP contribution >= 0.6 is 27.3 Å². The number of halogens is 1. The average molecular weight is 482 g/mol. The first kappa shape index (κ1) is 20.9. The lowest BCUT2D eigenvalue weighted by molar-refractivity contribution is -0.116. The zero-order chi connectivity index (χ0) is 20.3. The molecule has 1 amide bonds. The first-order valence-corrected chi connectivity index (χ1v) is 11.8. The number of carbonyl (C=O) groups excluding carboxylic acids is 1. The van der Waals surface area contributed by atoms with Crippen molar-refractivity contribution in [1.29, 1.82) is 0 Å². The number of sulfone groups is 1. The number of amides is 1. The van der Waals surface area contributed by atoms with Crippen molar-refractivity contribution in [3.8, 4) is 0 Å². The van der Waals surface area contributed by atoms with Gasteiger partial charge in [-0.1, -0.05) is 45.5 Å². The first-order valence-electron chi connectivity index (χ1n) is 8.55. The van der Waals surface area contributed by atoms with Gasteiger partial charge >= 0.3 is 0 Å². The Balaban J connectivity index is 1.91. The Morgan fingerprint density at radius 3 is 2.50 bits per heavy atom. The number of carbonyl (C=O) groups is 1. The number of nitrogens with zero attached hydrogens (tertiary/aromatic N) is 3. The van der Waals surface area contributed by atoms with E-state index in [1.807, 2.05) is 37.2 Å². The van der Waals surface area contributed by atoms with Gasteiger partial charge in [0.1, 0.15) is 5.75 Å². The van der Waals surface area contributed by atoms with Crippen molar-refractivity contribution in [2.24, 2.45) is 0 Å². The molecule has 9 heteroatoms.